The van der Waals surface area contributed by atoms with Gasteiger partial charge in [0.15, 0.2) is 5.84 Å². The SMILES string of the molecule is CN(C)CCC(=O)N(CCCN1C(=N)C(=C(N)N)NC1=O)Cc1ccccc1. The average Bonchev–Trinajstić information content (AvgIpc) is 2.94. The predicted molar refractivity (Wildman–Crippen MR) is 108 cm³/mol. The van der Waals surface area contributed by atoms with Crippen LogP contribution in [0.4, 0.5) is 4.79 Å². The molecule has 0 radical (unpaired) electrons. The molecule has 0 bridgehead atoms. The molecule has 9 heteroatoms. The molecule has 1 aliphatic heterocycles. The molecular weight excluding hydrogens is 358 g/mol. The number of nitrogens with zero attached hydrogens (tertiary/aromatic N) is 3. The maximum absolute atomic E-state index is 12.7. The molecule has 6 N–H and O–H groups in total. The molecule has 9 nitrogen and oxygen atoms in total. The zero-order valence-electron chi connectivity index (χ0n) is 16.4. The fourth-order valence-electron chi connectivity index (χ4n) is 2.89. The van der Waals surface area contributed by atoms with Crippen molar-refractivity contribution in [1.29, 1.82) is 5.41 Å². The van der Waals surface area contributed by atoms with Crippen molar-refractivity contribution in [3.63, 3.8) is 0 Å². The van der Waals surface area contributed by atoms with Gasteiger partial charge in [0.25, 0.3) is 0 Å². The summed E-state index contributed by atoms with van der Waals surface area (Å²) in [5.41, 5.74) is 12.2. The number of benzene rings is 1. The van der Waals surface area contributed by atoms with Gasteiger partial charge in [-0.2, -0.15) is 0 Å². The number of urea groups is 1. The lowest BCUT2D eigenvalue weighted by Crippen LogP contribution is -2.37. The quantitative estimate of drug-likeness (QED) is 0.488. The van der Waals surface area contributed by atoms with Crippen LogP contribution < -0.4 is 16.8 Å². The van der Waals surface area contributed by atoms with E-state index >= 15 is 0 Å². The molecule has 28 heavy (non-hydrogen) atoms. The van der Waals surface area contributed by atoms with Gasteiger partial charge in [0, 0.05) is 32.6 Å². The lowest BCUT2D eigenvalue weighted by molar-refractivity contribution is -0.132. The van der Waals surface area contributed by atoms with E-state index in [1.807, 2.05) is 49.3 Å². The summed E-state index contributed by atoms with van der Waals surface area (Å²) in [5, 5.41) is 10.5. The zero-order chi connectivity index (χ0) is 20.7. The highest BCUT2D eigenvalue weighted by Gasteiger charge is 2.31. The Morgan fingerprint density at radius 3 is 2.43 bits per heavy atom. The van der Waals surface area contributed by atoms with Gasteiger partial charge in [0.2, 0.25) is 5.91 Å². The second kappa shape index (κ2) is 9.75. The van der Waals surface area contributed by atoms with Crippen molar-refractivity contribution in [2.24, 2.45) is 11.5 Å². The summed E-state index contributed by atoms with van der Waals surface area (Å²) in [6.45, 7) is 1.97. The highest BCUT2D eigenvalue weighted by Crippen LogP contribution is 2.12. The van der Waals surface area contributed by atoms with Gasteiger partial charge in [0.1, 0.15) is 11.5 Å². The summed E-state index contributed by atoms with van der Waals surface area (Å²) < 4.78 is 0. The predicted octanol–water partition coefficient (Wildman–Crippen LogP) is 0.446. The minimum Gasteiger partial charge on any atom is -0.384 e. The molecule has 1 heterocycles. The zero-order valence-corrected chi connectivity index (χ0v) is 16.4. The molecule has 2 rings (SSSR count). The summed E-state index contributed by atoms with van der Waals surface area (Å²) >= 11 is 0. The largest absolute Gasteiger partial charge is 0.384 e. The number of rotatable bonds is 9. The number of hydrogen-bond donors (Lipinski definition) is 4. The van der Waals surface area contributed by atoms with Crippen molar-refractivity contribution in [3.8, 4) is 0 Å². The van der Waals surface area contributed by atoms with E-state index in [0.717, 1.165) is 5.56 Å². The lowest BCUT2D eigenvalue weighted by Gasteiger charge is -2.25. The van der Waals surface area contributed by atoms with Crippen LogP contribution in [0.25, 0.3) is 0 Å². The number of nitrogens with one attached hydrogen (secondary N) is 2. The Bertz CT molecular complexity index is 742. The van der Waals surface area contributed by atoms with Crippen molar-refractivity contribution >= 4 is 17.8 Å². The minimum atomic E-state index is -0.429. The molecule has 0 aliphatic carbocycles. The van der Waals surface area contributed by atoms with E-state index in [2.05, 4.69) is 5.32 Å². The van der Waals surface area contributed by atoms with Gasteiger partial charge >= 0.3 is 6.03 Å². The van der Waals surface area contributed by atoms with Crippen LogP contribution in [0.5, 0.6) is 0 Å². The second-order valence-corrected chi connectivity index (χ2v) is 6.97. The molecule has 3 amide bonds. The van der Waals surface area contributed by atoms with Crippen LogP contribution >= 0.6 is 0 Å². The number of amidine groups is 1. The van der Waals surface area contributed by atoms with Crippen molar-refractivity contribution in [1.82, 2.24) is 20.0 Å². The number of amides is 3. The van der Waals surface area contributed by atoms with Gasteiger partial charge in [-0.1, -0.05) is 30.3 Å². The van der Waals surface area contributed by atoms with Gasteiger partial charge < -0.3 is 26.6 Å². The highest BCUT2D eigenvalue weighted by atomic mass is 16.2. The van der Waals surface area contributed by atoms with Crippen LogP contribution in [0.1, 0.15) is 18.4 Å². The van der Waals surface area contributed by atoms with E-state index in [1.54, 1.807) is 4.90 Å². The smallest absolute Gasteiger partial charge is 0.327 e. The molecule has 0 atom stereocenters. The summed E-state index contributed by atoms with van der Waals surface area (Å²) in [5.74, 6) is -0.0748. The third-order valence-corrected chi connectivity index (χ3v) is 4.42. The molecule has 1 aliphatic rings. The Balaban J connectivity index is 1.98. The first-order valence-electron chi connectivity index (χ1n) is 9.18. The second-order valence-electron chi connectivity index (χ2n) is 6.97. The van der Waals surface area contributed by atoms with Crippen molar-refractivity contribution in [2.75, 3.05) is 33.7 Å². The Morgan fingerprint density at radius 1 is 1.18 bits per heavy atom. The topological polar surface area (TPSA) is 132 Å². The summed E-state index contributed by atoms with van der Waals surface area (Å²) in [6.07, 6.45) is 0.963. The molecule has 1 aromatic rings. The molecular formula is C19H29N7O2. The maximum atomic E-state index is 12.7. The molecule has 1 saturated heterocycles. The minimum absolute atomic E-state index is 0.0430. The van der Waals surface area contributed by atoms with E-state index < -0.39 is 6.03 Å². The molecule has 0 spiro atoms. The van der Waals surface area contributed by atoms with Gasteiger partial charge in [-0.15, -0.1) is 0 Å². The summed E-state index contributed by atoms with van der Waals surface area (Å²) in [4.78, 5) is 29.7. The average molecular weight is 387 g/mol. The summed E-state index contributed by atoms with van der Waals surface area (Å²) in [6, 6.07) is 9.36. The number of carbonyl (C=O) groups excluding carboxylic acids is 2. The Kier molecular flexibility index (Phi) is 7.39. The molecule has 0 aromatic heterocycles. The van der Waals surface area contributed by atoms with E-state index in [9.17, 15) is 9.59 Å². The monoisotopic (exact) mass is 387 g/mol. The first-order chi connectivity index (χ1) is 13.3. The van der Waals surface area contributed by atoms with Crippen molar-refractivity contribution < 1.29 is 9.59 Å². The lowest BCUT2D eigenvalue weighted by atomic mass is 10.2. The van der Waals surface area contributed by atoms with Crippen LogP contribution in [0.2, 0.25) is 0 Å². The molecule has 1 fully saturated rings. The van der Waals surface area contributed by atoms with Crippen LogP contribution in [0.3, 0.4) is 0 Å². The third kappa shape index (κ3) is 5.71. The van der Waals surface area contributed by atoms with E-state index in [0.29, 0.717) is 39.0 Å². The van der Waals surface area contributed by atoms with E-state index in [1.165, 1.54) is 4.90 Å². The summed E-state index contributed by atoms with van der Waals surface area (Å²) in [7, 11) is 3.86. The number of nitrogens with two attached hydrogens (primary N) is 2. The fraction of sp³-hybridized carbons (Fsp3) is 0.421. The normalized spacial score (nSPS) is 13.8. The van der Waals surface area contributed by atoms with Crippen molar-refractivity contribution in [3.05, 3.63) is 47.4 Å². The number of hydrogen-bond acceptors (Lipinski definition) is 6. The Morgan fingerprint density at radius 2 is 1.86 bits per heavy atom. The van der Waals surface area contributed by atoms with Crippen LogP contribution in [0.15, 0.2) is 41.8 Å². The number of carbonyl (C=O) groups is 2. The highest BCUT2D eigenvalue weighted by molar-refractivity contribution is 6.13. The maximum Gasteiger partial charge on any atom is 0.327 e. The first kappa shape index (κ1) is 21.2. The van der Waals surface area contributed by atoms with Gasteiger partial charge in [-0.3, -0.25) is 15.1 Å². The standard InChI is InChI=1S/C19H29N7O2/c1-24(2)12-9-15(27)25(13-14-7-4-3-5-8-14)10-6-11-26-18(22)16(17(20)21)23-19(26)28/h3-5,7-8,22H,6,9-13,20-21H2,1-2H3,(H,23,28). The van der Waals surface area contributed by atoms with E-state index in [-0.39, 0.29) is 23.3 Å². The third-order valence-electron chi connectivity index (χ3n) is 4.42. The van der Waals surface area contributed by atoms with Crippen LogP contribution in [-0.2, 0) is 11.3 Å². The first-order valence-corrected chi connectivity index (χ1v) is 9.18. The fourth-order valence-corrected chi connectivity index (χ4v) is 2.89. The Labute approximate surface area is 165 Å². The molecule has 1 aromatic carbocycles. The molecule has 152 valence electrons. The van der Waals surface area contributed by atoms with Gasteiger partial charge in [-0.25, -0.2) is 4.79 Å². The van der Waals surface area contributed by atoms with Crippen LogP contribution in [0, 0.1) is 5.41 Å². The van der Waals surface area contributed by atoms with Gasteiger partial charge in [0.05, 0.1) is 0 Å². The van der Waals surface area contributed by atoms with E-state index in [4.69, 9.17) is 16.9 Å². The van der Waals surface area contributed by atoms with Gasteiger partial charge in [-0.05, 0) is 26.1 Å². The van der Waals surface area contributed by atoms with Crippen LogP contribution in [-0.4, -0.2) is 66.2 Å². The molecule has 0 saturated carbocycles. The van der Waals surface area contributed by atoms with Crippen molar-refractivity contribution in [2.45, 2.75) is 19.4 Å². The Hall–Kier alpha value is -3.07. The molecule has 0 unspecified atom stereocenters.